The molecule has 0 aliphatic heterocycles. The first kappa shape index (κ1) is 12.8. The van der Waals surface area contributed by atoms with Crippen LogP contribution in [0.4, 0.5) is 0 Å². The average Bonchev–Trinajstić information content (AvgIpc) is 2.77. The summed E-state index contributed by atoms with van der Waals surface area (Å²) >= 11 is 0. The summed E-state index contributed by atoms with van der Waals surface area (Å²) in [4.78, 5) is 4.49. The van der Waals surface area contributed by atoms with Crippen LogP contribution in [0.3, 0.4) is 0 Å². The monoisotopic (exact) mass is 243 g/mol. The number of aryl methyl sites for hydroxylation is 3. The number of hydrogen-bond donors (Lipinski definition) is 1. The maximum atomic E-state index is 4.49. The average molecular weight is 243 g/mol. The van der Waals surface area contributed by atoms with E-state index in [4.69, 9.17) is 0 Å². The van der Waals surface area contributed by atoms with Gasteiger partial charge in [-0.3, -0.25) is 0 Å². The van der Waals surface area contributed by atoms with Crippen molar-refractivity contribution < 1.29 is 0 Å². The fourth-order valence-electron chi connectivity index (χ4n) is 2.47. The maximum absolute atomic E-state index is 4.49. The molecule has 1 N–H and O–H groups in total. The Morgan fingerprint density at radius 3 is 2.44 bits per heavy atom. The maximum Gasteiger partial charge on any atom is 0.130 e. The largest absolute Gasteiger partial charge is 0.334 e. The lowest BCUT2D eigenvalue weighted by molar-refractivity contribution is 0.590. The van der Waals surface area contributed by atoms with Gasteiger partial charge in [0.15, 0.2) is 0 Å². The van der Waals surface area contributed by atoms with Gasteiger partial charge in [0.25, 0.3) is 0 Å². The van der Waals surface area contributed by atoms with Gasteiger partial charge in [0.2, 0.25) is 0 Å². The molecule has 1 unspecified atom stereocenters. The summed E-state index contributed by atoms with van der Waals surface area (Å²) in [6.45, 7) is 7.35. The number of nitrogens with zero attached hydrogens (tertiary/aromatic N) is 2. The standard InChI is InChI=1S/C15H21N3/c1-5-18-7-6-17-15(18)14(16-4)13-9-11(2)8-12(3)10-13/h6-10,14,16H,5H2,1-4H3. The van der Waals surface area contributed by atoms with Crippen molar-refractivity contribution in [3.05, 3.63) is 53.1 Å². The van der Waals surface area contributed by atoms with Gasteiger partial charge in [-0.25, -0.2) is 4.98 Å². The number of benzene rings is 1. The van der Waals surface area contributed by atoms with Crippen LogP contribution in [-0.4, -0.2) is 16.6 Å². The minimum Gasteiger partial charge on any atom is -0.334 e. The van der Waals surface area contributed by atoms with Gasteiger partial charge in [-0.05, 0) is 33.4 Å². The summed E-state index contributed by atoms with van der Waals surface area (Å²) in [6.07, 6.45) is 3.90. The highest BCUT2D eigenvalue weighted by Crippen LogP contribution is 2.22. The number of aromatic nitrogens is 2. The molecule has 0 bridgehead atoms. The third kappa shape index (κ3) is 2.46. The Balaban J connectivity index is 2.45. The summed E-state index contributed by atoms with van der Waals surface area (Å²) in [5.41, 5.74) is 3.86. The molecule has 18 heavy (non-hydrogen) atoms. The molecular weight excluding hydrogens is 222 g/mol. The molecule has 3 heteroatoms. The Morgan fingerprint density at radius 1 is 1.22 bits per heavy atom. The zero-order valence-electron chi connectivity index (χ0n) is 11.6. The summed E-state index contributed by atoms with van der Waals surface area (Å²) in [6, 6.07) is 6.80. The summed E-state index contributed by atoms with van der Waals surface area (Å²) in [7, 11) is 1.98. The first-order valence-electron chi connectivity index (χ1n) is 6.42. The minimum atomic E-state index is 0.151. The Kier molecular flexibility index (Phi) is 3.82. The van der Waals surface area contributed by atoms with Crippen LogP contribution >= 0.6 is 0 Å². The van der Waals surface area contributed by atoms with Gasteiger partial charge in [0.1, 0.15) is 5.82 Å². The van der Waals surface area contributed by atoms with E-state index in [1.165, 1.54) is 16.7 Å². The third-order valence-electron chi connectivity index (χ3n) is 3.21. The van der Waals surface area contributed by atoms with Crippen molar-refractivity contribution in [1.29, 1.82) is 0 Å². The van der Waals surface area contributed by atoms with Gasteiger partial charge in [-0.1, -0.05) is 29.3 Å². The van der Waals surface area contributed by atoms with E-state index in [2.05, 4.69) is 53.8 Å². The molecule has 0 aliphatic carbocycles. The second-order valence-corrected chi connectivity index (χ2v) is 4.71. The molecule has 0 aliphatic rings. The van der Waals surface area contributed by atoms with Gasteiger partial charge in [0, 0.05) is 18.9 Å². The van der Waals surface area contributed by atoms with Gasteiger partial charge < -0.3 is 9.88 Å². The molecule has 2 aromatic rings. The van der Waals surface area contributed by atoms with Gasteiger partial charge in [-0.15, -0.1) is 0 Å². The van der Waals surface area contributed by atoms with Crippen molar-refractivity contribution in [3.8, 4) is 0 Å². The Bertz CT molecular complexity index is 508. The summed E-state index contributed by atoms with van der Waals surface area (Å²) in [5.74, 6) is 1.07. The second-order valence-electron chi connectivity index (χ2n) is 4.71. The Hall–Kier alpha value is -1.61. The molecule has 1 atom stereocenters. The molecule has 1 aromatic carbocycles. The Morgan fingerprint density at radius 2 is 1.89 bits per heavy atom. The van der Waals surface area contributed by atoms with Gasteiger partial charge in [0.05, 0.1) is 6.04 Å². The third-order valence-corrected chi connectivity index (χ3v) is 3.21. The molecule has 0 radical (unpaired) electrons. The number of hydrogen-bond acceptors (Lipinski definition) is 2. The topological polar surface area (TPSA) is 29.9 Å². The van der Waals surface area contributed by atoms with Crippen molar-refractivity contribution >= 4 is 0 Å². The lowest BCUT2D eigenvalue weighted by Gasteiger charge is -2.18. The molecule has 0 amide bonds. The molecule has 96 valence electrons. The van der Waals surface area contributed by atoms with E-state index in [-0.39, 0.29) is 6.04 Å². The molecule has 0 fully saturated rings. The molecule has 3 nitrogen and oxygen atoms in total. The van der Waals surface area contributed by atoms with Crippen LogP contribution in [-0.2, 0) is 6.54 Å². The van der Waals surface area contributed by atoms with E-state index in [1.54, 1.807) is 0 Å². The lowest BCUT2D eigenvalue weighted by Crippen LogP contribution is -2.22. The van der Waals surface area contributed by atoms with Crippen LogP contribution in [0.25, 0.3) is 0 Å². The van der Waals surface area contributed by atoms with Crippen LogP contribution in [0.5, 0.6) is 0 Å². The van der Waals surface area contributed by atoms with Crippen LogP contribution in [0.2, 0.25) is 0 Å². The first-order valence-corrected chi connectivity index (χ1v) is 6.42. The zero-order valence-corrected chi connectivity index (χ0v) is 11.6. The molecule has 2 rings (SSSR count). The number of imidazole rings is 1. The van der Waals surface area contributed by atoms with E-state index in [0.29, 0.717) is 0 Å². The van der Waals surface area contributed by atoms with Gasteiger partial charge >= 0.3 is 0 Å². The highest BCUT2D eigenvalue weighted by Gasteiger charge is 2.17. The van der Waals surface area contributed by atoms with E-state index < -0.39 is 0 Å². The minimum absolute atomic E-state index is 0.151. The predicted octanol–water partition coefficient (Wildman–Crippen LogP) is 2.83. The first-order chi connectivity index (χ1) is 8.65. The van der Waals surface area contributed by atoms with Crippen molar-refractivity contribution in [1.82, 2.24) is 14.9 Å². The van der Waals surface area contributed by atoms with E-state index in [9.17, 15) is 0 Å². The molecule has 1 aromatic heterocycles. The fraction of sp³-hybridized carbons (Fsp3) is 0.400. The molecule has 0 spiro atoms. The number of nitrogens with one attached hydrogen (secondary N) is 1. The second kappa shape index (κ2) is 5.36. The van der Waals surface area contributed by atoms with Crippen LogP contribution in [0, 0.1) is 13.8 Å². The van der Waals surface area contributed by atoms with Crippen LogP contribution in [0.1, 0.15) is 35.5 Å². The Labute approximate surface area is 109 Å². The summed E-state index contributed by atoms with van der Waals surface area (Å²) < 4.78 is 2.18. The fourth-order valence-corrected chi connectivity index (χ4v) is 2.47. The van der Waals surface area contributed by atoms with E-state index in [1.807, 2.05) is 19.4 Å². The molecular formula is C15H21N3. The van der Waals surface area contributed by atoms with E-state index >= 15 is 0 Å². The van der Waals surface area contributed by atoms with Crippen molar-refractivity contribution in [2.24, 2.45) is 0 Å². The van der Waals surface area contributed by atoms with Crippen LogP contribution < -0.4 is 5.32 Å². The smallest absolute Gasteiger partial charge is 0.130 e. The van der Waals surface area contributed by atoms with Crippen molar-refractivity contribution in [2.45, 2.75) is 33.4 Å². The lowest BCUT2D eigenvalue weighted by atomic mass is 10.0. The van der Waals surface area contributed by atoms with Crippen LogP contribution in [0.15, 0.2) is 30.6 Å². The highest BCUT2D eigenvalue weighted by molar-refractivity contribution is 5.33. The van der Waals surface area contributed by atoms with E-state index in [0.717, 1.165) is 12.4 Å². The molecule has 1 heterocycles. The van der Waals surface area contributed by atoms with Crippen molar-refractivity contribution in [2.75, 3.05) is 7.05 Å². The molecule has 0 saturated heterocycles. The molecule has 0 saturated carbocycles. The predicted molar refractivity (Wildman–Crippen MR) is 74.7 cm³/mol. The highest BCUT2D eigenvalue weighted by atomic mass is 15.1. The number of rotatable bonds is 4. The quantitative estimate of drug-likeness (QED) is 0.895. The SMILES string of the molecule is CCn1ccnc1C(NC)c1cc(C)cc(C)c1. The zero-order chi connectivity index (χ0) is 13.1. The van der Waals surface area contributed by atoms with Crippen molar-refractivity contribution in [3.63, 3.8) is 0 Å². The van der Waals surface area contributed by atoms with Gasteiger partial charge in [-0.2, -0.15) is 0 Å². The summed E-state index contributed by atoms with van der Waals surface area (Å²) in [5, 5.41) is 3.37. The normalized spacial score (nSPS) is 12.7.